The number of hydrogen-bond acceptors (Lipinski definition) is 4. The van der Waals surface area contributed by atoms with Crippen LogP contribution < -0.4 is 5.32 Å². The van der Waals surface area contributed by atoms with Crippen LogP contribution in [0.15, 0.2) is 0 Å². The molecule has 0 saturated heterocycles. The molecule has 0 aliphatic heterocycles. The van der Waals surface area contributed by atoms with E-state index in [1.807, 2.05) is 13.8 Å². The zero-order chi connectivity index (χ0) is 12.4. The second-order valence-electron chi connectivity index (χ2n) is 3.76. The molecule has 1 N–H and O–H groups in total. The average molecular weight is 230 g/mol. The minimum atomic E-state index is -0.198. The smallest absolute Gasteiger partial charge is 0.324 e. The topological polar surface area (TPSA) is 41.6 Å². The van der Waals surface area contributed by atoms with Gasteiger partial charge in [0.15, 0.2) is 0 Å². The Balaban J connectivity index is 4.23. The Morgan fingerprint density at radius 2 is 2.00 bits per heavy atom. The van der Waals surface area contributed by atoms with Crippen LogP contribution in [0.2, 0.25) is 0 Å². The third-order valence-corrected chi connectivity index (χ3v) is 2.45. The van der Waals surface area contributed by atoms with Gasteiger partial charge in [0.1, 0.15) is 6.04 Å². The van der Waals surface area contributed by atoms with Crippen LogP contribution in [-0.4, -0.2) is 49.7 Å². The maximum absolute atomic E-state index is 11.7. The summed E-state index contributed by atoms with van der Waals surface area (Å²) in [6.07, 6.45) is 1.11. The Hall–Kier alpha value is -0.610. The molecule has 1 atom stereocenters. The fourth-order valence-electron chi connectivity index (χ4n) is 1.66. The Morgan fingerprint density at radius 3 is 2.44 bits per heavy atom. The molecule has 0 aromatic heterocycles. The molecule has 0 radical (unpaired) electrons. The second-order valence-corrected chi connectivity index (χ2v) is 3.76. The maximum Gasteiger partial charge on any atom is 0.324 e. The van der Waals surface area contributed by atoms with Crippen LogP contribution >= 0.6 is 0 Å². The first-order valence-corrected chi connectivity index (χ1v) is 6.31. The van der Waals surface area contributed by atoms with Crippen LogP contribution in [0.25, 0.3) is 0 Å². The number of nitrogens with one attached hydrogen (secondary N) is 1. The highest BCUT2D eigenvalue weighted by molar-refractivity contribution is 5.76. The van der Waals surface area contributed by atoms with Gasteiger partial charge in [0.05, 0.1) is 6.61 Å². The van der Waals surface area contributed by atoms with Gasteiger partial charge in [0.25, 0.3) is 0 Å². The summed E-state index contributed by atoms with van der Waals surface area (Å²) in [5, 5.41) is 3.17. The van der Waals surface area contributed by atoms with E-state index >= 15 is 0 Å². The van der Waals surface area contributed by atoms with E-state index in [4.69, 9.17) is 4.74 Å². The van der Waals surface area contributed by atoms with Gasteiger partial charge in [-0.05, 0) is 33.0 Å². The summed E-state index contributed by atoms with van der Waals surface area (Å²) in [7, 11) is 0. The lowest BCUT2D eigenvalue weighted by Crippen LogP contribution is -2.47. The number of likely N-dealkylation sites (N-methyl/N-ethyl adjacent to an activating group) is 2. The molecule has 4 nitrogen and oxygen atoms in total. The van der Waals surface area contributed by atoms with Gasteiger partial charge in [-0.1, -0.05) is 20.8 Å². The van der Waals surface area contributed by atoms with Crippen molar-refractivity contribution in [2.45, 2.75) is 40.2 Å². The van der Waals surface area contributed by atoms with E-state index in [1.54, 1.807) is 0 Å². The Bertz CT molecular complexity index is 186. The fraction of sp³-hybridized carbons (Fsp3) is 0.917. The van der Waals surface area contributed by atoms with Crippen LogP contribution in [0, 0.1) is 0 Å². The van der Waals surface area contributed by atoms with Crippen LogP contribution in [0.3, 0.4) is 0 Å². The van der Waals surface area contributed by atoms with Crippen LogP contribution in [-0.2, 0) is 9.53 Å². The molecule has 1 unspecified atom stereocenters. The van der Waals surface area contributed by atoms with Crippen molar-refractivity contribution in [2.75, 3.05) is 32.8 Å². The molecule has 96 valence electrons. The van der Waals surface area contributed by atoms with Crippen molar-refractivity contribution in [2.24, 2.45) is 0 Å². The molecule has 0 aromatic carbocycles. The molecule has 0 spiro atoms. The van der Waals surface area contributed by atoms with E-state index in [0.29, 0.717) is 6.61 Å². The summed E-state index contributed by atoms with van der Waals surface area (Å²) in [6.45, 7) is 12.1. The first kappa shape index (κ1) is 15.4. The minimum Gasteiger partial charge on any atom is -0.465 e. The third-order valence-electron chi connectivity index (χ3n) is 2.45. The van der Waals surface area contributed by atoms with Gasteiger partial charge in [-0.15, -0.1) is 0 Å². The molecule has 0 aliphatic carbocycles. The Morgan fingerprint density at radius 1 is 1.31 bits per heavy atom. The second kappa shape index (κ2) is 9.60. The van der Waals surface area contributed by atoms with E-state index in [1.165, 1.54) is 0 Å². The van der Waals surface area contributed by atoms with Gasteiger partial charge < -0.3 is 15.0 Å². The zero-order valence-corrected chi connectivity index (χ0v) is 11.1. The standard InChI is InChI=1S/C12H26N2O2/c1-5-9-14(7-3)10-11(13-6-2)12(15)16-8-4/h11,13H,5-10H2,1-4H3. The predicted octanol–water partition coefficient (Wildman–Crippen LogP) is 1.26. The van der Waals surface area contributed by atoms with Crippen LogP contribution in [0.4, 0.5) is 0 Å². The van der Waals surface area contributed by atoms with Gasteiger partial charge in [0, 0.05) is 6.54 Å². The Labute approximate surface area is 99.3 Å². The first-order chi connectivity index (χ1) is 7.69. The predicted molar refractivity (Wildman–Crippen MR) is 66.5 cm³/mol. The van der Waals surface area contributed by atoms with Crippen molar-refractivity contribution in [3.05, 3.63) is 0 Å². The monoisotopic (exact) mass is 230 g/mol. The molecule has 0 bridgehead atoms. The fourth-order valence-corrected chi connectivity index (χ4v) is 1.66. The SMILES string of the molecule is CCCN(CC)CC(NCC)C(=O)OCC. The number of rotatable bonds is 9. The molecule has 0 saturated carbocycles. The third kappa shape index (κ3) is 6.08. The molecule has 0 heterocycles. The number of ether oxygens (including phenoxy) is 1. The molecular formula is C12H26N2O2. The summed E-state index contributed by atoms with van der Waals surface area (Å²) in [5.74, 6) is -0.140. The summed E-state index contributed by atoms with van der Waals surface area (Å²) < 4.78 is 5.05. The van der Waals surface area contributed by atoms with E-state index < -0.39 is 0 Å². The van der Waals surface area contributed by atoms with Crippen LogP contribution in [0.1, 0.15) is 34.1 Å². The molecule has 0 amide bonds. The molecule has 0 aliphatic rings. The quantitative estimate of drug-likeness (QED) is 0.606. The molecule has 0 rings (SSSR count). The number of hydrogen-bond donors (Lipinski definition) is 1. The lowest BCUT2D eigenvalue weighted by Gasteiger charge is -2.25. The highest BCUT2D eigenvalue weighted by Gasteiger charge is 2.20. The first-order valence-electron chi connectivity index (χ1n) is 6.31. The van der Waals surface area contributed by atoms with Gasteiger partial charge in [-0.3, -0.25) is 4.79 Å². The van der Waals surface area contributed by atoms with Gasteiger partial charge >= 0.3 is 5.97 Å². The van der Waals surface area contributed by atoms with Crippen LogP contribution in [0.5, 0.6) is 0 Å². The number of carbonyl (C=O) groups excluding carboxylic acids is 1. The molecular weight excluding hydrogens is 204 g/mol. The largest absolute Gasteiger partial charge is 0.465 e. The van der Waals surface area contributed by atoms with Crippen molar-refractivity contribution >= 4 is 5.97 Å². The summed E-state index contributed by atoms with van der Waals surface area (Å²) in [5.41, 5.74) is 0. The van der Waals surface area contributed by atoms with Gasteiger partial charge in [-0.25, -0.2) is 0 Å². The van der Waals surface area contributed by atoms with Crippen molar-refractivity contribution in [3.63, 3.8) is 0 Å². The number of nitrogens with zero attached hydrogens (tertiary/aromatic N) is 1. The van der Waals surface area contributed by atoms with E-state index in [-0.39, 0.29) is 12.0 Å². The van der Waals surface area contributed by atoms with E-state index in [2.05, 4.69) is 24.1 Å². The lowest BCUT2D eigenvalue weighted by atomic mass is 10.2. The molecule has 4 heteroatoms. The summed E-state index contributed by atoms with van der Waals surface area (Å²) in [4.78, 5) is 13.9. The number of carbonyl (C=O) groups is 1. The minimum absolute atomic E-state index is 0.140. The van der Waals surface area contributed by atoms with E-state index in [9.17, 15) is 4.79 Å². The van der Waals surface area contributed by atoms with Crippen molar-refractivity contribution in [1.29, 1.82) is 0 Å². The van der Waals surface area contributed by atoms with Crippen molar-refractivity contribution < 1.29 is 9.53 Å². The maximum atomic E-state index is 11.7. The molecule has 0 aromatic rings. The Kier molecular flexibility index (Phi) is 9.24. The van der Waals surface area contributed by atoms with Crippen molar-refractivity contribution in [1.82, 2.24) is 10.2 Å². The average Bonchev–Trinajstić information content (AvgIpc) is 2.27. The number of esters is 1. The molecule has 0 fully saturated rings. The summed E-state index contributed by atoms with van der Waals surface area (Å²) in [6, 6.07) is -0.198. The highest BCUT2D eigenvalue weighted by Crippen LogP contribution is 1.97. The molecule has 16 heavy (non-hydrogen) atoms. The lowest BCUT2D eigenvalue weighted by molar-refractivity contribution is -0.146. The summed E-state index contributed by atoms with van der Waals surface area (Å²) >= 11 is 0. The van der Waals surface area contributed by atoms with E-state index in [0.717, 1.165) is 32.6 Å². The zero-order valence-electron chi connectivity index (χ0n) is 11.1. The van der Waals surface area contributed by atoms with Gasteiger partial charge in [0.2, 0.25) is 0 Å². The van der Waals surface area contributed by atoms with Gasteiger partial charge in [-0.2, -0.15) is 0 Å². The van der Waals surface area contributed by atoms with Crippen molar-refractivity contribution in [3.8, 4) is 0 Å². The highest BCUT2D eigenvalue weighted by atomic mass is 16.5. The normalized spacial score (nSPS) is 12.8.